The van der Waals surface area contributed by atoms with Crippen LogP contribution in [-0.2, 0) is 6.54 Å². The number of aromatic nitrogens is 3. The maximum atomic E-state index is 13.2. The Morgan fingerprint density at radius 1 is 1.29 bits per heavy atom. The number of hydrogen-bond donors (Lipinski definition) is 1. The number of hydrogen-bond acceptors (Lipinski definition) is 6. The summed E-state index contributed by atoms with van der Waals surface area (Å²) in [7, 11) is 3.33. The number of ether oxygens (including phenoxy) is 1. The Kier molecular flexibility index (Phi) is 4.86. The number of nitrogens with one attached hydrogen (secondary N) is 1. The standard InChI is InChI=1S/C14H18FN5O/c1-4-16-12-17-13(19-14(18-12)21-3)20(2)9-10-6-5-7-11(15)8-10/h5-8H,4,9H2,1-3H3,(H,16,17,18,19). The van der Waals surface area contributed by atoms with E-state index in [-0.39, 0.29) is 11.8 Å². The summed E-state index contributed by atoms with van der Waals surface area (Å²) < 4.78 is 18.3. The fourth-order valence-electron chi connectivity index (χ4n) is 1.82. The number of halogens is 1. The van der Waals surface area contributed by atoms with E-state index in [2.05, 4.69) is 20.3 Å². The summed E-state index contributed by atoms with van der Waals surface area (Å²) in [6.07, 6.45) is 0. The van der Waals surface area contributed by atoms with Crippen LogP contribution >= 0.6 is 0 Å². The highest BCUT2D eigenvalue weighted by atomic mass is 19.1. The molecule has 0 saturated heterocycles. The molecule has 1 N–H and O–H groups in total. The number of benzene rings is 1. The lowest BCUT2D eigenvalue weighted by Gasteiger charge is -2.18. The normalized spacial score (nSPS) is 10.3. The molecule has 0 aliphatic heterocycles. The molecule has 1 heterocycles. The molecule has 2 rings (SSSR count). The van der Waals surface area contributed by atoms with E-state index >= 15 is 0 Å². The summed E-state index contributed by atoms with van der Waals surface area (Å²) in [5, 5.41) is 3.02. The molecule has 0 unspecified atom stereocenters. The van der Waals surface area contributed by atoms with Crippen molar-refractivity contribution in [3.05, 3.63) is 35.6 Å². The lowest BCUT2D eigenvalue weighted by molar-refractivity contribution is 0.379. The quantitative estimate of drug-likeness (QED) is 0.879. The van der Waals surface area contributed by atoms with Crippen LogP contribution in [0.5, 0.6) is 6.01 Å². The van der Waals surface area contributed by atoms with Crippen LogP contribution in [0.25, 0.3) is 0 Å². The van der Waals surface area contributed by atoms with Crippen molar-refractivity contribution in [3.8, 4) is 6.01 Å². The molecule has 0 atom stereocenters. The Morgan fingerprint density at radius 2 is 2.10 bits per heavy atom. The largest absolute Gasteiger partial charge is 0.467 e. The van der Waals surface area contributed by atoms with Crippen LogP contribution in [0.4, 0.5) is 16.3 Å². The predicted molar refractivity (Wildman–Crippen MR) is 79.0 cm³/mol. The van der Waals surface area contributed by atoms with Crippen LogP contribution in [-0.4, -0.2) is 35.7 Å². The highest BCUT2D eigenvalue weighted by Gasteiger charge is 2.11. The topological polar surface area (TPSA) is 63.2 Å². The second-order valence-corrected chi connectivity index (χ2v) is 4.46. The minimum atomic E-state index is -0.262. The molecule has 1 aromatic heterocycles. The van der Waals surface area contributed by atoms with Crippen LogP contribution in [0.15, 0.2) is 24.3 Å². The van der Waals surface area contributed by atoms with Crippen LogP contribution < -0.4 is 15.0 Å². The third kappa shape index (κ3) is 4.01. The number of anilines is 2. The summed E-state index contributed by atoms with van der Waals surface area (Å²) in [5.74, 6) is 0.648. The first-order valence-electron chi connectivity index (χ1n) is 6.62. The first-order chi connectivity index (χ1) is 10.1. The minimum absolute atomic E-state index is 0.238. The van der Waals surface area contributed by atoms with Gasteiger partial charge in [-0.15, -0.1) is 0 Å². The SMILES string of the molecule is CCNc1nc(OC)nc(N(C)Cc2cccc(F)c2)n1. The van der Waals surface area contributed by atoms with E-state index in [1.807, 2.05) is 20.0 Å². The molecule has 0 spiro atoms. The summed E-state index contributed by atoms with van der Waals surface area (Å²) in [5.41, 5.74) is 0.835. The lowest BCUT2D eigenvalue weighted by Crippen LogP contribution is -2.20. The highest BCUT2D eigenvalue weighted by molar-refractivity contribution is 5.38. The van der Waals surface area contributed by atoms with E-state index in [0.717, 1.165) is 5.56 Å². The van der Waals surface area contributed by atoms with Gasteiger partial charge in [0.15, 0.2) is 0 Å². The van der Waals surface area contributed by atoms with E-state index in [9.17, 15) is 4.39 Å². The lowest BCUT2D eigenvalue weighted by atomic mass is 10.2. The third-order valence-electron chi connectivity index (χ3n) is 2.77. The van der Waals surface area contributed by atoms with Crippen molar-refractivity contribution in [2.24, 2.45) is 0 Å². The number of rotatable bonds is 6. The molecule has 0 aliphatic rings. The van der Waals surface area contributed by atoms with Crippen molar-refractivity contribution in [3.63, 3.8) is 0 Å². The van der Waals surface area contributed by atoms with Crippen molar-refractivity contribution in [2.45, 2.75) is 13.5 Å². The van der Waals surface area contributed by atoms with Gasteiger partial charge < -0.3 is 15.0 Å². The predicted octanol–water partition coefficient (Wildman–Crippen LogP) is 2.09. The van der Waals surface area contributed by atoms with Crippen LogP contribution in [0, 0.1) is 5.82 Å². The van der Waals surface area contributed by atoms with Gasteiger partial charge in [0.05, 0.1) is 7.11 Å². The summed E-state index contributed by atoms with van der Waals surface area (Å²) >= 11 is 0. The average molecular weight is 291 g/mol. The summed E-state index contributed by atoms with van der Waals surface area (Å²) in [6, 6.07) is 6.67. The molecular formula is C14H18FN5O. The Bertz CT molecular complexity index is 608. The molecule has 0 bridgehead atoms. The van der Waals surface area contributed by atoms with Crippen molar-refractivity contribution in [2.75, 3.05) is 30.9 Å². The number of nitrogens with zero attached hydrogens (tertiary/aromatic N) is 4. The van der Waals surface area contributed by atoms with Gasteiger partial charge >= 0.3 is 6.01 Å². The smallest absolute Gasteiger partial charge is 0.322 e. The molecule has 6 nitrogen and oxygen atoms in total. The Labute approximate surface area is 123 Å². The van der Waals surface area contributed by atoms with Crippen LogP contribution in [0.3, 0.4) is 0 Å². The van der Waals surface area contributed by atoms with E-state index in [1.165, 1.54) is 19.2 Å². The van der Waals surface area contributed by atoms with E-state index in [4.69, 9.17) is 4.74 Å². The van der Waals surface area contributed by atoms with Crippen molar-refractivity contribution >= 4 is 11.9 Å². The van der Waals surface area contributed by atoms with Gasteiger partial charge in [-0.25, -0.2) is 4.39 Å². The highest BCUT2D eigenvalue weighted by Crippen LogP contribution is 2.16. The zero-order valence-electron chi connectivity index (χ0n) is 12.3. The summed E-state index contributed by atoms with van der Waals surface area (Å²) in [6.45, 7) is 3.13. The third-order valence-corrected chi connectivity index (χ3v) is 2.77. The monoisotopic (exact) mass is 291 g/mol. The van der Waals surface area contributed by atoms with Crippen molar-refractivity contribution < 1.29 is 9.13 Å². The van der Waals surface area contributed by atoms with Gasteiger partial charge in [-0.2, -0.15) is 15.0 Å². The van der Waals surface area contributed by atoms with E-state index in [0.29, 0.717) is 25.0 Å². The Morgan fingerprint density at radius 3 is 2.76 bits per heavy atom. The second kappa shape index (κ2) is 6.83. The van der Waals surface area contributed by atoms with Crippen molar-refractivity contribution in [1.82, 2.24) is 15.0 Å². The molecule has 0 aliphatic carbocycles. The second-order valence-electron chi connectivity index (χ2n) is 4.46. The zero-order valence-corrected chi connectivity index (χ0v) is 12.3. The Balaban J connectivity index is 2.21. The molecule has 21 heavy (non-hydrogen) atoms. The van der Waals surface area contributed by atoms with E-state index < -0.39 is 0 Å². The van der Waals surface area contributed by atoms with Gasteiger partial charge in [0.2, 0.25) is 11.9 Å². The minimum Gasteiger partial charge on any atom is -0.467 e. The molecule has 2 aromatic rings. The van der Waals surface area contributed by atoms with Gasteiger partial charge in [0.25, 0.3) is 0 Å². The van der Waals surface area contributed by atoms with Gasteiger partial charge in [-0.1, -0.05) is 12.1 Å². The molecule has 0 amide bonds. The van der Waals surface area contributed by atoms with Crippen LogP contribution in [0.1, 0.15) is 12.5 Å². The Hall–Kier alpha value is -2.44. The molecule has 1 aromatic carbocycles. The van der Waals surface area contributed by atoms with Gasteiger partial charge in [-0.3, -0.25) is 0 Å². The zero-order chi connectivity index (χ0) is 15.2. The van der Waals surface area contributed by atoms with Crippen molar-refractivity contribution in [1.29, 1.82) is 0 Å². The maximum Gasteiger partial charge on any atom is 0.322 e. The molecule has 112 valence electrons. The average Bonchev–Trinajstić information content (AvgIpc) is 2.47. The first kappa shape index (κ1) is 15.0. The molecule has 0 fully saturated rings. The molecule has 7 heteroatoms. The van der Waals surface area contributed by atoms with Gasteiger partial charge in [0.1, 0.15) is 5.82 Å². The van der Waals surface area contributed by atoms with E-state index in [1.54, 1.807) is 11.0 Å². The fraction of sp³-hybridized carbons (Fsp3) is 0.357. The number of methoxy groups -OCH3 is 1. The first-order valence-corrected chi connectivity index (χ1v) is 6.62. The molecule has 0 radical (unpaired) electrons. The summed E-state index contributed by atoms with van der Waals surface area (Å²) in [4.78, 5) is 14.4. The van der Waals surface area contributed by atoms with Gasteiger partial charge in [0, 0.05) is 20.1 Å². The van der Waals surface area contributed by atoms with Crippen LogP contribution in [0.2, 0.25) is 0 Å². The maximum absolute atomic E-state index is 13.2. The fourth-order valence-corrected chi connectivity index (χ4v) is 1.82. The van der Waals surface area contributed by atoms with Gasteiger partial charge in [-0.05, 0) is 24.6 Å². The molecular weight excluding hydrogens is 273 g/mol. The molecule has 0 saturated carbocycles.